The molecule has 0 spiro atoms. The van der Waals surface area contributed by atoms with E-state index in [1.807, 2.05) is 34.0 Å². The third-order valence-corrected chi connectivity index (χ3v) is 12.0. The third kappa shape index (κ3) is 7.92. The summed E-state index contributed by atoms with van der Waals surface area (Å²) >= 11 is 0. The number of carbonyl (C=O) groups is 4. The number of benzene rings is 2. The highest BCUT2D eigenvalue weighted by atomic mass is 19.4. The second kappa shape index (κ2) is 15.6. The van der Waals surface area contributed by atoms with E-state index in [9.17, 15) is 42.3 Å². The highest BCUT2D eigenvalue weighted by Gasteiger charge is 2.35. The summed E-state index contributed by atoms with van der Waals surface area (Å²) in [6.45, 7) is 6.10. The summed E-state index contributed by atoms with van der Waals surface area (Å²) in [6.07, 6.45) is 0.351. The van der Waals surface area contributed by atoms with Crippen LogP contribution < -0.4 is 16.3 Å². The lowest BCUT2D eigenvalue weighted by molar-refractivity contribution is -0.141. The fraction of sp³-hybridized carbons (Fsp3) is 0.452. The van der Waals surface area contributed by atoms with Crippen LogP contribution in [-0.2, 0) is 39.8 Å². The number of imidazole rings is 1. The minimum Gasteiger partial charge on any atom is -0.386 e. The molecule has 0 radical (unpaired) electrons. The van der Waals surface area contributed by atoms with Crippen molar-refractivity contribution in [2.24, 2.45) is 13.0 Å². The van der Waals surface area contributed by atoms with Crippen LogP contribution in [0.25, 0.3) is 21.9 Å². The average Bonchev–Trinajstić information content (AvgIpc) is 3.74. The van der Waals surface area contributed by atoms with Crippen LogP contribution in [0, 0.1) is 5.92 Å². The van der Waals surface area contributed by atoms with E-state index in [0.717, 1.165) is 23.2 Å². The lowest BCUT2D eigenvalue weighted by Crippen LogP contribution is -2.50. The van der Waals surface area contributed by atoms with Crippen molar-refractivity contribution in [1.29, 1.82) is 0 Å². The maximum Gasteiger partial charge on any atom is 0.433 e. The number of carbonyl (C=O) groups excluding carboxylic acids is 4. The molecule has 2 saturated heterocycles. The Morgan fingerprint density at radius 1 is 0.950 bits per heavy atom. The van der Waals surface area contributed by atoms with Gasteiger partial charge in [0.05, 0.1) is 28.2 Å². The van der Waals surface area contributed by atoms with Gasteiger partial charge in [0.25, 0.3) is 5.91 Å². The van der Waals surface area contributed by atoms with E-state index in [1.165, 1.54) is 24.5 Å². The molecule has 1 unspecified atom stereocenters. The number of amides is 4. The SMILES string of the molecule is Cn1c(=O)n(C2CCC(=O)NC2=O)c2cccc(CN3CCN(C(=O)[C@H]4CC[C@H](n5cc6cc(NC(=O)c7cccc(C(F)(F)F)n7)c(C(C)(C)O)cc6n5)CC4)CC3)c21. The molecule has 316 valence electrons. The Balaban J connectivity index is 0.889. The lowest BCUT2D eigenvalue weighted by atomic mass is 9.85. The Kier molecular flexibility index (Phi) is 10.6. The first kappa shape index (κ1) is 40.9. The molecule has 5 heterocycles. The molecule has 5 aromatic rings. The Labute approximate surface area is 342 Å². The zero-order valence-corrected chi connectivity index (χ0v) is 33.5. The molecular formula is C42H46F3N9O6. The number of hydrogen-bond donors (Lipinski definition) is 3. The Hall–Kier alpha value is -5.88. The lowest BCUT2D eigenvalue weighted by Gasteiger charge is -2.38. The normalized spacial score (nSPS) is 20.8. The number of aromatic nitrogens is 5. The second-order valence-corrected chi connectivity index (χ2v) is 16.6. The van der Waals surface area contributed by atoms with Crippen LogP contribution in [0.3, 0.4) is 0 Å². The number of nitrogens with zero attached hydrogens (tertiary/aromatic N) is 7. The number of anilines is 1. The smallest absolute Gasteiger partial charge is 0.386 e. The van der Waals surface area contributed by atoms with Crippen molar-refractivity contribution in [3.63, 3.8) is 0 Å². The van der Waals surface area contributed by atoms with Gasteiger partial charge >= 0.3 is 11.9 Å². The number of halogens is 3. The van der Waals surface area contributed by atoms with Gasteiger partial charge in [-0.1, -0.05) is 18.2 Å². The first-order chi connectivity index (χ1) is 28.5. The van der Waals surface area contributed by atoms with Crippen molar-refractivity contribution in [2.75, 3.05) is 31.5 Å². The van der Waals surface area contributed by atoms with Gasteiger partial charge in [0.15, 0.2) is 0 Å². The molecule has 3 fully saturated rings. The molecule has 15 nitrogen and oxygen atoms in total. The topological polar surface area (TPSA) is 177 Å². The van der Waals surface area contributed by atoms with Crippen LogP contribution in [0.4, 0.5) is 18.9 Å². The highest BCUT2D eigenvalue weighted by Crippen LogP contribution is 2.37. The van der Waals surface area contributed by atoms with Crippen LogP contribution in [0.1, 0.15) is 91.8 Å². The molecule has 18 heteroatoms. The Morgan fingerprint density at radius 3 is 2.35 bits per heavy atom. The number of alkyl halides is 3. The molecule has 2 aromatic carbocycles. The van der Waals surface area contributed by atoms with Crippen molar-refractivity contribution in [3.8, 4) is 0 Å². The van der Waals surface area contributed by atoms with E-state index >= 15 is 0 Å². The summed E-state index contributed by atoms with van der Waals surface area (Å²) in [5.74, 6) is -1.66. The van der Waals surface area contributed by atoms with Gasteiger partial charge < -0.3 is 15.3 Å². The Bertz CT molecular complexity index is 2570. The van der Waals surface area contributed by atoms with Crippen molar-refractivity contribution in [1.82, 2.24) is 39.0 Å². The van der Waals surface area contributed by atoms with E-state index in [0.29, 0.717) is 80.4 Å². The number of pyridine rings is 1. The van der Waals surface area contributed by atoms with Gasteiger partial charge in [-0.25, -0.2) is 9.78 Å². The molecule has 1 saturated carbocycles. The van der Waals surface area contributed by atoms with Crippen LogP contribution in [-0.4, -0.2) is 88.6 Å². The van der Waals surface area contributed by atoms with Gasteiger partial charge in [-0.15, -0.1) is 0 Å². The maximum atomic E-state index is 13.8. The monoisotopic (exact) mass is 829 g/mol. The van der Waals surface area contributed by atoms with Gasteiger partial charge in [-0.3, -0.25) is 43.2 Å². The predicted molar refractivity (Wildman–Crippen MR) is 214 cm³/mol. The minimum absolute atomic E-state index is 0.0137. The molecule has 2 aliphatic heterocycles. The summed E-state index contributed by atoms with van der Waals surface area (Å²) in [7, 11) is 1.69. The zero-order chi connectivity index (χ0) is 42.7. The number of imide groups is 1. The fourth-order valence-corrected chi connectivity index (χ4v) is 8.88. The molecule has 3 N–H and O–H groups in total. The van der Waals surface area contributed by atoms with E-state index < -0.39 is 41.0 Å². The molecular weight excluding hydrogens is 784 g/mol. The van der Waals surface area contributed by atoms with Gasteiger partial charge in [0, 0.05) is 74.9 Å². The molecule has 3 aromatic heterocycles. The third-order valence-electron chi connectivity index (χ3n) is 12.0. The Morgan fingerprint density at radius 2 is 1.67 bits per heavy atom. The number of aliphatic hydroxyl groups is 1. The fourth-order valence-electron chi connectivity index (χ4n) is 8.88. The number of fused-ring (bicyclic) bond motifs is 2. The van der Waals surface area contributed by atoms with Crippen molar-refractivity contribution in [3.05, 3.63) is 87.7 Å². The van der Waals surface area contributed by atoms with E-state index in [2.05, 4.69) is 20.5 Å². The molecule has 1 atom stereocenters. The standard InChI is InChI=1S/C42H46F3N9O6/c1-41(2,60)28-21-30-26(20-31(28)47-37(56)29-7-5-9-34(46-29)42(43,44)45)23-53(49-30)27-12-10-24(11-13-27)39(58)52-18-16-51(17-19-52)22-25-6-4-8-32-36(25)50(3)40(59)54(32)33-14-15-35(55)48-38(33)57/h4-9,20-21,23-24,27,33,60H,10-19,22H2,1-3H3,(H,47,56)(H,48,55,57)/t24-,27-,33?. The number of nitrogens with one attached hydrogen (secondary N) is 2. The van der Waals surface area contributed by atoms with Crippen molar-refractivity contribution >= 4 is 51.3 Å². The summed E-state index contributed by atoms with van der Waals surface area (Å²) in [6, 6.07) is 11.3. The van der Waals surface area contributed by atoms with E-state index in [1.54, 1.807) is 23.7 Å². The average molecular weight is 830 g/mol. The summed E-state index contributed by atoms with van der Waals surface area (Å²) in [5.41, 5.74) is 0.106. The molecule has 8 rings (SSSR count). The van der Waals surface area contributed by atoms with Crippen molar-refractivity contribution < 1.29 is 37.5 Å². The predicted octanol–water partition coefficient (Wildman–Crippen LogP) is 4.64. The second-order valence-electron chi connectivity index (χ2n) is 16.6. The van der Waals surface area contributed by atoms with Gasteiger partial charge in [0.2, 0.25) is 17.7 Å². The number of piperazine rings is 1. The number of hydrogen-bond acceptors (Lipinski definition) is 9. The first-order valence-electron chi connectivity index (χ1n) is 20.1. The highest BCUT2D eigenvalue weighted by molar-refractivity contribution is 6.04. The maximum absolute atomic E-state index is 13.8. The van der Waals surface area contributed by atoms with Crippen LogP contribution in [0.2, 0.25) is 0 Å². The minimum atomic E-state index is -4.72. The number of piperidine rings is 1. The zero-order valence-electron chi connectivity index (χ0n) is 33.5. The molecule has 0 bridgehead atoms. The summed E-state index contributed by atoms with van der Waals surface area (Å²) in [4.78, 5) is 72.3. The summed E-state index contributed by atoms with van der Waals surface area (Å²) in [5, 5.41) is 21.4. The van der Waals surface area contributed by atoms with Gasteiger partial charge in [-0.05, 0) is 81.8 Å². The van der Waals surface area contributed by atoms with E-state index in [-0.39, 0.29) is 48.0 Å². The molecule has 60 heavy (non-hydrogen) atoms. The van der Waals surface area contributed by atoms with Gasteiger partial charge in [-0.2, -0.15) is 18.3 Å². The summed E-state index contributed by atoms with van der Waals surface area (Å²) < 4.78 is 44.7. The van der Waals surface area contributed by atoms with Crippen LogP contribution in [0.15, 0.2) is 59.5 Å². The van der Waals surface area contributed by atoms with Crippen LogP contribution >= 0.6 is 0 Å². The molecule has 3 aliphatic rings. The van der Waals surface area contributed by atoms with E-state index in [4.69, 9.17) is 5.10 Å². The number of aryl methyl sites for hydroxylation is 1. The number of para-hydroxylation sites is 1. The number of rotatable bonds is 8. The van der Waals surface area contributed by atoms with Crippen LogP contribution in [0.5, 0.6) is 0 Å². The van der Waals surface area contributed by atoms with Crippen molar-refractivity contribution in [2.45, 2.75) is 82.8 Å². The largest absolute Gasteiger partial charge is 0.433 e. The first-order valence-corrected chi connectivity index (χ1v) is 20.1. The molecule has 1 aliphatic carbocycles. The quantitative estimate of drug-likeness (QED) is 0.188. The van der Waals surface area contributed by atoms with Gasteiger partial charge in [0.1, 0.15) is 17.4 Å². The molecule has 4 amide bonds.